The zero-order valence-electron chi connectivity index (χ0n) is 28.4. The molecule has 7 heteroatoms. The van der Waals surface area contributed by atoms with Crippen LogP contribution in [0.4, 0.5) is 0 Å². The van der Waals surface area contributed by atoms with Crippen LogP contribution in [0.3, 0.4) is 0 Å². The second-order valence-corrected chi connectivity index (χ2v) is 18.2. The smallest absolute Gasteiger partial charge is 0.310 e. The molecule has 4 N–H and O–H groups in total. The molecule has 5 fully saturated rings. The lowest BCUT2D eigenvalue weighted by atomic mass is 9.33. The summed E-state index contributed by atoms with van der Waals surface area (Å²) >= 11 is 0. The average molecular weight is 615 g/mol. The molecule has 4 saturated carbocycles. The molecular formula is C37H58O7. The van der Waals surface area contributed by atoms with Gasteiger partial charge in [-0.05, 0) is 116 Å². The molecule has 0 bridgehead atoms. The van der Waals surface area contributed by atoms with Gasteiger partial charge in [-0.15, -0.1) is 0 Å². The van der Waals surface area contributed by atoms with E-state index in [1.165, 1.54) is 5.57 Å². The van der Waals surface area contributed by atoms with Crippen molar-refractivity contribution in [3.8, 4) is 0 Å². The zero-order chi connectivity index (χ0) is 32.4. The number of carboxylic acid groups (broad SMARTS) is 1. The number of Topliss-reactive ketones (excluding diaryl/α,β-unsaturated/α-hetero) is 1. The van der Waals surface area contributed by atoms with Crippen molar-refractivity contribution >= 4 is 11.8 Å². The number of carboxylic acids is 1. The van der Waals surface area contributed by atoms with Crippen molar-refractivity contribution in [2.45, 2.75) is 150 Å². The fraction of sp³-hybridized carbons (Fsp3) is 0.892. The Bertz CT molecular complexity index is 1240. The molecule has 6 unspecified atom stereocenters. The van der Waals surface area contributed by atoms with E-state index >= 15 is 0 Å². The van der Waals surface area contributed by atoms with Gasteiger partial charge in [-0.25, -0.2) is 0 Å². The highest BCUT2D eigenvalue weighted by molar-refractivity contribution is 5.87. The first kappa shape index (κ1) is 32.7. The molecule has 0 amide bonds. The SMILES string of the molecule is CC1O[C@@H](C(=O)[C@@H]2CC[C@@]3(C)C(CC[C@]4(C)C3CC=C3C5CC(C)(C)CC[C@]5(C(=O)O)CC[C@]34C)C2(C)C)C(O)C(O)[C@H]1O. The molecule has 0 spiro atoms. The Labute approximate surface area is 264 Å². The van der Waals surface area contributed by atoms with E-state index in [1.54, 1.807) is 6.92 Å². The van der Waals surface area contributed by atoms with Gasteiger partial charge in [0, 0.05) is 5.92 Å². The van der Waals surface area contributed by atoms with Crippen molar-refractivity contribution in [2.75, 3.05) is 0 Å². The Morgan fingerprint density at radius 3 is 2.14 bits per heavy atom. The third kappa shape index (κ3) is 4.20. The zero-order valence-corrected chi connectivity index (χ0v) is 28.4. The maximum absolute atomic E-state index is 14.1. The molecule has 0 aromatic heterocycles. The Morgan fingerprint density at radius 2 is 1.48 bits per heavy atom. The highest BCUT2D eigenvalue weighted by atomic mass is 16.5. The summed E-state index contributed by atoms with van der Waals surface area (Å²) in [5.41, 5.74) is 0.605. The monoisotopic (exact) mass is 614 g/mol. The normalized spacial score (nSPS) is 52.8. The summed E-state index contributed by atoms with van der Waals surface area (Å²) in [5, 5.41) is 42.1. The molecule has 1 aliphatic heterocycles. The van der Waals surface area contributed by atoms with E-state index in [0.717, 1.165) is 57.8 Å². The number of aliphatic hydroxyl groups is 3. The van der Waals surface area contributed by atoms with Crippen molar-refractivity contribution in [2.24, 2.45) is 56.2 Å². The maximum Gasteiger partial charge on any atom is 0.310 e. The Hall–Kier alpha value is -1.28. The molecule has 248 valence electrons. The van der Waals surface area contributed by atoms with Crippen molar-refractivity contribution in [3.63, 3.8) is 0 Å². The molecule has 6 rings (SSSR count). The topological polar surface area (TPSA) is 124 Å². The van der Waals surface area contributed by atoms with Crippen LogP contribution in [0.5, 0.6) is 0 Å². The van der Waals surface area contributed by atoms with Crippen LogP contribution in [0.2, 0.25) is 0 Å². The summed E-state index contributed by atoms with van der Waals surface area (Å²) in [6.07, 6.45) is 5.54. The van der Waals surface area contributed by atoms with Crippen LogP contribution in [0.25, 0.3) is 0 Å². The Balaban J connectivity index is 1.32. The fourth-order valence-corrected chi connectivity index (χ4v) is 12.6. The largest absolute Gasteiger partial charge is 0.481 e. The molecule has 44 heavy (non-hydrogen) atoms. The molecule has 1 saturated heterocycles. The highest BCUT2D eigenvalue weighted by Crippen LogP contribution is 2.76. The number of carbonyl (C=O) groups excluding carboxylic acids is 1. The van der Waals surface area contributed by atoms with Crippen molar-refractivity contribution in [1.82, 2.24) is 0 Å². The van der Waals surface area contributed by atoms with E-state index in [4.69, 9.17) is 4.74 Å². The maximum atomic E-state index is 14.1. The molecular weight excluding hydrogens is 556 g/mol. The van der Waals surface area contributed by atoms with Gasteiger partial charge >= 0.3 is 5.97 Å². The van der Waals surface area contributed by atoms with Gasteiger partial charge in [0.05, 0.1) is 11.5 Å². The number of rotatable bonds is 3. The van der Waals surface area contributed by atoms with Gasteiger partial charge in [-0.2, -0.15) is 0 Å². The number of hydrogen-bond acceptors (Lipinski definition) is 6. The minimum Gasteiger partial charge on any atom is -0.481 e. The number of ether oxygens (including phenoxy) is 1. The first-order valence-corrected chi connectivity index (χ1v) is 17.4. The molecule has 0 aromatic rings. The first-order valence-electron chi connectivity index (χ1n) is 17.4. The molecule has 1 heterocycles. The van der Waals surface area contributed by atoms with Gasteiger partial charge in [0.15, 0.2) is 5.78 Å². The first-order chi connectivity index (χ1) is 20.3. The minimum atomic E-state index is -1.44. The summed E-state index contributed by atoms with van der Waals surface area (Å²) in [6.45, 7) is 18.2. The molecule has 7 nitrogen and oxygen atoms in total. The van der Waals surface area contributed by atoms with Gasteiger partial charge in [0.1, 0.15) is 24.4 Å². The quantitative estimate of drug-likeness (QED) is 0.291. The standard InChI is InChI=1S/C37H58O7/c1-20-26(38)28(40)29(41)30(44-20)27(39)22-11-13-34(6)24(33(22,4)5)12-14-36(8)25(34)10-9-21-23-19-32(2,3)15-17-37(23,31(42)43)18-16-35(21,36)7/h9,20,22-26,28-30,38,40-41H,10-19H2,1-8H3,(H,42,43)/t20?,22-,23?,24?,25?,26-,28?,29?,30-,34-,35+,36+,37-/m0/s1. The van der Waals surface area contributed by atoms with Crippen LogP contribution in [-0.2, 0) is 14.3 Å². The summed E-state index contributed by atoms with van der Waals surface area (Å²) < 4.78 is 5.85. The summed E-state index contributed by atoms with van der Waals surface area (Å²) in [5.74, 6) is -0.227. The molecule has 13 atom stereocenters. The van der Waals surface area contributed by atoms with E-state index in [-0.39, 0.29) is 44.7 Å². The number of ketones is 1. The lowest BCUT2D eigenvalue weighted by molar-refractivity contribution is -0.225. The number of fused-ring (bicyclic) bond motifs is 7. The predicted octanol–water partition coefficient (Wildman–Crippen LogP) is 5.93. The van der Waals surface area contributed by atoms with Crippen LogP contribution in [0.15, 0.2) is 11.6 Å². The van der Waals surface area contributed by atoms with Gasteiger partial charge in [0.2, 0.25) is 0 Å². The fourth-order valence-electron chi connectivity index (χ4n) is 12.6. The van der Waals surface area contributed by atoms with Crippen LogP contribution >= 0.6 is 0 Å². The van der Waals surface area contributed by atoms with Crippen LogP contribution in [-0.4, -0.2) is 62.7 Å². The third-order valence-corrected chi connectivity index (χ3v) is 15.6. The Kier molecular flexibility index (Phi) is 7.50. The molecule has 0 radical (unpaired) electrons. The second kappa shape index (κ2) is 10.1. The number of allylic oxidation sites excluding steroid dienone is 2. The van der Waals surface area contributed by atoms with Crippen LogP contribution in [0.1, 0.15) is 120 Å². The van der Waals surface area contributed by atoms with Gasteiger partial charge in [0.25, 0.3) is 0 Å². The van der Waals surface area contributed by atoms with Gasteiger partial charge in [-0.1, -0.05) is 60.1 Å². The number of hydrogen-bond donors (Lipinski definition) is 4. The van der Waals surface area contributed by atoms with Crippen LogP contribution < -0.4 is 0 Å². The summed E-state index contributed by atoms with van der Waals surface area (Å²) in [7, 11) is 0. The van der Waals surface area contributed by atoms with Crippen LogP contribution in [0, 0.1) is 56.2 Å². The number of aliphatic hydroxyl groups excluding tert-OH is 3. The predicted molar refractivity (Wildman–Crippen MR) is 168 cm³/mol. The number of aliphatic carboxylic acids is 1. The third-order valence-electron chi connectivity index (χ3n) is 15.6. The van der Waals surface area contributed by atoms with E-state index in [0.29, 0.717) is 18.3 Å². The average Bonchev–Trinajstić information content (AvgIpc) is 2.93. The molecule has 0 aromatic carbocycles. The number of carbonyl (C=O) groups is 2. The minimum absolute atomic E-state index is 0.0144. The van der Waals surface area contributed by atoms with E-state index in [1.807, 2.05) is 0 Å². The van der Waals surface area contributed by atoms with E-state index in [9.17, 15) is 30.0 Å². The van der Waals surface area contributed by atoms with Crippen molar-refractivity contribution in [1.29, 1.82) is 0 Å². The van der Waals surface area contributed by atoms with Gasteiger partial charge in [-0.3, -0.25) is 9.59 Å². The van der Waals surface area contributed by atoms with Gasteiger partial charge < -0.3 is 25.2 Å². The molecule has 6 aliphatic rings. The highest BCUT2D eigenvalue weighted by Gasteiger charge is 2.70. The second-order valence-electron chi connectivity index (χ2n) is 18.2. The summed E-state index contributed by atoms with van der Waals surface area (Å²) in [4.78, 5) is 27.0. The lowest BCUT2D eigenvalue weighted by Crippen LogP contribution is -2.66. The van der Waals surface area contributed by atoms with E-state index < -0.39 is 41.9 Å². The van der Waals surface area contributed by atoms with Crippen molar-refractivity contribution < 1.29 is 34.8 Å². The van der Waals surface area contributed by atoms with E-state index in [2.05, 4.69) is 54.5 Å². The van der Waals surface area contributed by atoms with Crippen molar-refractivity contribution in [3.05, 3.63) is 11.6 Å². The Morgan fingerprint density at radius 1 is 0.818 bits per heavy atom. The molecule has 5 aliphatic carbocycles. The summed E-state index contributed by atoms with van der Waals surface area (Å²) in [6, 6.07) is 0. The lowest BCUT2D eigenvalue weighted by Gasteiger charge is -2.71.